The smallest absolute Gasteiger partial charge is 0.258 e. The molecule has 0 aliphatic heterocycles. The Morgan fingerprint density at radius 2 is 2.06 bits per heavy atom. The highest BCUT2D eigenvalue weighted by molar-refractivity contribution is 5.77. The number of aliphatic hydroxyl groups excluding tert-OH is 1. The number of nitrogens with one attached hydrogen (secondary N) is 1. The van der Waals surface area contributed by atoms with Gasteiger partial charge in [-0.1, -0.05) is 32.0 Å². The van der Waals surface area contributed by atoms with Crippen LogP contribution < -0.4 is 10.1 Å². The molecule has 1 atom stereocenters. The molecule has 0 fully saturated rings. The topological polar surface area (TPSA) is 58.6 Å². The SMILES string of the molecule is Cc1ccccc1OCC(=O)NC(CO)C(C)C. The van der Waals surface area contributed by atoms with Crippen LogP contribution in [0.1, 0.15) is 19.4 Å². The minimum absolute atomic E-state index is 0.0337. The highest BCUT2D eigenvalue weighted by Crippen LogP contribution is 2.15. The Bertz CT molecular complexity index is 390. The summed E-state index contributed by atoms with van der Waals surface area (Å²) in [7, 11) is 0. The molecule has 1 rings (SSSR count). The fraction of sp³-hybridized carbons (Fsp3) is 0.500. The van der Waals surface area contributed by atoms with Gasteiger partial charge in [0.05, 0.1) is 12.6 Å². The van der Waals surface area contributed by atoms with E-state index in [1.165, 1.54) is 0 Å². The lowest BCUT2D eigenvalue weighted by Gasteiger charge is -2.20. The normalized spacial score (nSPS) is 12.3. The molecule has 1 aromatic carbocycles. The molecule has 4 nitrogen and oxygen atoms in total. The first-order valence-corrected chi connectivity index (χ1v) is 6.13. The number of para-hydroxylation sites is 1. The van der Waals surface area contributed by atoms with Crippen LogP contribution in [0.15, 0.2) is 24.3 Å². The van der Waals surface area contributed by atoms with Crippen LogP contribution in [0.25, 0.3) is 0 Å². The van der Waals surface area contributed by atoms with Crippen LogP contribution in [0.4, 0.5) is 0 Å². The van der Waals surface area contributed by atoms with Crippen LogP contribution in [0.5, 0.6) is 5.75 Å². The molecule has 0 heterocycles. The number of carbonyl (C=O) groups is 1. The van der Waals surface area contributed by atoms with E-state index in [0.29, 0.717) is 5.75 Å². The zero-order valence-electron chi connectivity index (χ0n) is 11.1. The van der Waals surface area contributed by atoms with E-state index in [2.05, 4.69) is 5.32 Å². The molecule has 4 heteroatoms. The average Bonchev–Trinajstić information content (AvgIpc) is 2.34. The molecule has 0 saturated carbocycles. The van der Waals surface area contributed by atoms with Crippen LogP contribution >= 0.6 is 0 Å². The van der Waals surface area contributed by atoms with Gasteiger partial charge in [0.15, 0.2) is 6.61 Å². The van der Waals surface area contributed by atoms with Crippen molar-refractivity contribution in [1.82, 2.24) is 5.32 Å². The molecule has 100 valence electrons. The summed E-state index contributed by atoms with van der Waals surface area (Å²) < 4.78 is 5.43. The third-order valence-electron chi connectivity index (χ3n) is 2.80. The number of carbonyl (C=O) groups excluding carboxylic acids is 1. The second-order valence-corrected chi connectivity index (χ2v) is 4.65. The summed E-state index contributed by atoms with van der Waals surface area (Å²) in [6.45, 7) is 5.73. The van der Waals surface area contributed by atoms with Crippen LogP contribution in [0, 0.1) is 12.8 Å². The van der Waals surface area contributed by atoms with Crippen LogP contribution in [-0.4, -0.2) is 30.3 Å². The monoisotopic (exact) mass is 251 g/mol. The molecule has 0 aliphatic rings. The van der Waals surface area contributed by atoms with Crippen molar-refractivity contribution < 1.29 is 14.6 Å². The number of aliphatic hydroxyl groups is 1. The van der Waals surface area contributed by atoms with Crippen molar-refractivity contribution in [3.8, 4) is 5.75 Å². The first-order valence-electron chi connectivity index (χ1n) is 6.13. The number of amides is 1. The van der Waals surface area contributed by atoms with E-state index in [9.17, 15) is 4.79 Å². The van der Waals surface area contributed by atoms with Gasteiger partial charge in [-0.15, -0.1) is 0 Å². The maximum Gasteiger partial charge on any atom is 0.258 e. The second-order valence-electron chi connectivity index (χ2n) is 4.65. The number of rotatable bonds is 6. The van der Waals surface area contributed by atoms with Crippen molar-refractivity contribution in [1.29, 1.82) is 0 Å². The third kappa shape index (κ3) is 4.37. The van der Waals surface area contributed by atoms with Gasteiger partial charge in [-0.05, 0) is 24.5 Å². The molecular formula is C14H21NO3. The van der Waals surface area contributed by atoms with Gasteiger partial charge in [-0.3, -0.25) is 4.79 Å². The maximum atomic E-state index is 11.7. The summed E-state index contributed by atoms with van der Waals surface area (Å²) in [6.07, 6.45) is 0. The van der Waals surface area contributed by atoms with Crippen molar-refractivity contribution >= 4 is 5.91 Å². The zero-order chi connectivity index (χ0) is 13.5. The maximum absolute atomic E-state index is 11.7. The molecule has 0 bridgehead atoms. The van der Waals surface area contributed by atoms with E-state index in [1.54, 1.807) is 0 Å². The number of benzene rings is 1. The van der Waals surface area contributed by atoms with E-state index < -0.39 is 0 Å². The number of aryl methyl sites for hydroxylation is 1. The van der Waals surface area contributed by atoms with Crippen molar-refractivity contribution in [2.24, 2.45) is 5.92 Å². The summed E-state index contributed by atoms with van der Waals surface area (Å²) in [5.41, 5.74) is 0.993. The Kier molecular flexibility index (Phi) is 5.65. The Balaban J connectivity index is 2.44. The highest BCUT2D eigenvalue weighted by atomic mass is 16.5. The Morgan fingerprint density at radius 3 is 2.61 bits per heavy atom. The second kappa shape index (κ2) is 7.01. The molecular weight excluding hydrogens is 230 g/mol. The van der Waals surface area contributed by atoms with Crippen molar-refractivity contribution in [2.75, 3.05) is 13.2 Å². The summed E-state index contributed by atoms with van der Waals surface area (Å²) in [5, 5.41) is 11.9. The van der Waals surface area contributed by atoms with Crippen molar-refractivity contribution in [3.05, 3.63) is 29.8 Å². The molecule has 18 heavy (non-hydrogen) atoms. The molecule has 2 N–H and O–H groups in total. The number of hydrogen-bond acceptors (Lipinski definition) is 3. The summed E-state index contributed by atoms with van der Waals surface area (Å²) >= 11 is 0. The Hall–Kier alpha value is -1.55. The van der Waals surface area contributed by atoms with Gasteiger partial charge >= 0.3 is 0 Å². The quantitative estimate of drug-likeness (QED) is 0.805. The van der Waals surface area contributed by atoms with E-state index in [1.807, 2.05) is 45.0 Å². The molecule has 0 spiro atoms. The van der Waals surface area contributed by atoms with Gasteiger partial charge in [0.25, 0.3) is 5.91 Å². The number of ether oxygens (including phenoxy) is 1. The standard InChI is InChI=1S/C14H21NO3/c1-10(2)12(8-16)15-14(17)9-18-13-7-5-4-6-11(13)3/h4-7,10,12,16H,8-9H2,1-3H3,(H,15,17). The largest absolute Gasteiger partial charge is 0.484 e. The minimum Gasteiger partial charge on any atom is -0.484 e. The molecule has 1 amide bonds. The molecule has 0 saturated heterocycles. The summed E-state index contributed by atoms with van der Waals surface area (Å²) in [6, 6.07) is 7.32. The fourth-order valence-corrected chi connectivity index (χ4v) is 1.53. The first kappa shape index (κ1) is 14.5. The van der Waals surface area contributed by atoms with Gasteiger partial charge in [0.1, 0.15) is 5.75 Å². The van der Waals surface area contributed by atoms with Crippen LogP contribution in [-0.2, 0) is 4.79 Å². The zero-order valence-corrected chi connectivity index (χ0v) is 11.1. The molecule has 1 aromatic rings. The van der Waals surface area contributed by atoms with Crippen molar-refractivity contribution in [2.45, 2.75) is 26.8 Å². The van der Waals surface area contributed by atoms with Gasteiger partial charge in [0.2, 0.25) is 0 Å². The van der Waals surface area contributed by atoms with E-state index in [0.717, 1.165) is 5.56 Å². The lowest BCUT2D eigenvalue weighted by atomic mass is 10.1. The van der Waals surface area contributed by atoms with E-state index in [4.69, 9.17) is 9.84 Å². The fourth-order valence-electron chi connectivity index (χ4n) is 1.53. The lowest BCUT2D eigenvalue weighted by Crippen LogP contribution is -2.43. The number of hydrogen-bond donors (Lipinski definition) is 2. The molecule has 1 unspecified atom stereocenters. The predicted octanol–water partition coefficient (Wildman–Crippen LogP) is 1.51. The lowest BCUT2D eigenvalue weighted by molar-refractivity contribution is -0.124. The molecule has 0 aromatic heterocycles. The first-order chi connectivity index (χ1) is 8.54. The van der Waals surface area contributed by atoms with E-state index in [-0.39, 0.29) is 31.1 Å². The molecule has 0 radical (unpaired) electrons. The van der Waals surface area contributed by atoms with Gasteiger partial charge in [-0.2, -0.15) is 0 Å². The molecule has 0 aliphatic carbocycles. The summed E-state index contributed by atoms with van der Waals surface area (Å²) in [5.74, 6) is 0.682. The Labute approximate surface area is 108 Å². The van der Waals surface area contributed by atoms with Gasteiger partial charge in [0, 0.05) is 0 Å². The van der Waals surface area contributed by atoms with Crippen LogP contribution in [0.2, 0.25) is 0 Å². The van der Waals surface area contributed by atoms with Gasteiger partial charge in [-0.25, -0.2) is 0 Å². The van der Waals surface area contributed by atoms with Crippen LogP contribution in [0.3, 0.4) is 0 Å². The minimum atomic E-state index is -0.224. The van der Waals surface area contributed by atoms with E-state index >= 15 is 0 Å². The Morgan fingerprint density at radius 1 is 1.39 bits per heavy atom. The summed E-state index contributed by atoms with van der Waals surface area (Å²) in [4.78, 5) is 11.7. The van der Waals surface area contributed by atoms with Gasteiger partial charge < -0.3 is 15.2 Å². The third-order valence-corrected chi connectivity index (χ3v) is 2.80. The average molecular weight is 251 g/mol. The highest BCUT2D eigenvalue weighted by Gasteiger charge is 2.15. The predicted molar refractivity (Wildman–Crippen MR) is 70.5 cm³/mol. The van der Waals surface area contributed by atoms with Crippen molar-refractivity contribution in [3.63, 3.8) is 0 Å².